The molecule has 0 aliphatic carbocycles. The van der Waals surface area contributed by atoms with Crippen LogP contribution in [-0.2, 0) is 10.4 Å². The summed E-state index contributed by atoms with van der Waals surface area (Å²) in [6.45, 7) is 7.36. The fourth-order valence-corrected chi connectivity index (χ4v) is 3.46. The van der Waals surface area contributed by atoms with Gasteiger partial charge in [-0.1, -0.05) is 90.9 Å². The summed E-state index contributed by atoms with van der Waals surface area (Å²) in [7, 11) is -0.0506. The normalized spacial score (nSPS) is 11.9. The summed E-state index contributed by atoms with van der Waals surface area (Å²) in [6.07, 6.45) is 23.0. The predicted octanol–water partition coefficient (Wildman–Crippen LogP) is 6.35. The zero-order valence-corrected chi connectivity index (χ0v) is 20.1. The van der Waals surface area contributed by atoms with Crippen molar-refractivity contribution >= 4 is 10.4 Å². The van der Waals surface area contributed by atoms with Crippen molar-refractivity contribution in [1.29, 1.82) is 0 Å². The van der Waals surface area contributed by atoms with Crippen LogP contribution in [0.1, 0.15) is 117 Å². The van der Waals surface area contributed by atoms with E-state index in [-0.39, 0.29) is 0 Å². The SMILES string of the molecule is CCCCCCCCCC[N+](C)(C)CCCCCCCCCC.O=S(=O)([O-])O. The predicted molar refractivity (Wildman–Crippen MR) is 119 cm³/mol. The maximum Gasteiger partial charge on any atom is 0.215 e. The molecular weight excluding hydrogens is 374 g/mol. The summed E-state index contributed by atoms with van der Waals surface area (Å²) in [4.78, 5) is 0. The molecular formula is C22H49NO4S. The fraction of sp³-hybridized carbons (Fsp3) is 1.00. The minimum atomic E-state index is -4.92. The van der Waals surface area contributed by atoms with E-state index in [1.807, 2.05) is 0 Å². The molecule has 0 bridgehead atoms. The summed E-state index contributed by atoms with van der Waals surface area (Å²) in [6, 6.07) is 0. The molecule has 0 aromatic heterocycles. The smallest absolute Gasteiger partial charge is 0.215 e. The molecule has 0 heterocycles. The van der Waals surface area contributed by atoms with Gasteiger partial charge >= 0.3 is 0 Å². The number of rotatable bonds is 18. The molecule has 0 aliphatic heterocycles. The van der Waals surface area contributed by atoms with Gasteiger partial charge in [-0.25, -0.2) is 8.42 Å². The van der Waals surface area contributed by atoms with Gasteiger partial charge in [0.15, 0.2) is 0 Å². The summed E-state index contributed by atoms with van der Waals surface area (Å²) in [5, 5.41) is 0. The van der Waals surface area contributed by atoms with E-state index in [0.717, 1.165) is 0 Å². The molecule has 172 valence electrons. The summed E-state index contributed by atoms with van der Waals surface area (Å²) >= 11 is 0. The Labute approximate surface area is 176 Å². The van der Waals surface area contributed by atoms with Crippen molar-refractivity contribution < 1.29 is 22.0 Å². The molecule has 0 aromatic carbocycles. The van der Waals surface area contributed by atoms with Crippen LogP contribution in [0, 0.1) is 0 Å². The van der Waals surface area contributed by atoms with Gasteiger partial charge in [0.05, 0.1) is 27.2 Å². The van der Waals surface area contributed by atoms with Gasteiger partial charge < -0.3 is 9.04 Å². The Kier molecular flexibility index (Phi) is 21.6. The highest BCUT2D eigenvalue weighted by atomic mass is 32.3. The van der Waals surface area contributed by atoms with E-state index >= 15 is 0 Å². The van der Waals surface area contributed by atoms with Gasteiger partial charge in [0, 0.05) is 0 Å². The molecule has 28 heavy (non-hydrogen) atoms. The van der Waals surface area contributed by atoms with Crippen LogP contribution in [0.2, 0.25) is 0 Å². The first-order valence-electron chi connectivity index (χ1n) is 11.6. The average Bonchev–Trinajstić information content (AvgIpc) is 2.58. The Morgan fingerprint density at radius 2 is 0.821 bits per heavy atom. The van der Waals surface area contributed by atoms with E-state index in [1.54, 1.807) is 0 Å². The number of hydrogen-bond acceptors (Lipinski definition) is 3. The van der Waals surface area contributed by atoms with E-state index in [9.17, 15) is 0 Å². The topological polar surface area (TPSA) is 77.4 Å². The van der Waals surface area contributed by atoms with Crippen LogP contribution in [0.4, 0.5) is 0 Å². The van der Waals surface area contributed by atoms with Gasteiger partial charge in [-0.3, -0.25) is 4.55 Å². The van der Waals surface area contributed by atoms with E-state index < -0.39 is 10.4 Å². The lowest BCUT2D eigenvalue weighted by Gasteiger charge is -2.30. The van der Waals surface area contributed by atoms with Crippen LogP contribution in [0.25, 0.3) is 0 Å². The molecule has 1 N–H and O–H groups in total. The third-order valence-corrected chi connectivity index (χ3v) is 5.23. The van der Waals surface area contributed by atoms with E-state index in [4.69, 9.17) is 17.5 Å². The van der Waals surface area contributed by atoms with Crippen LogP contribution in [-0.4, -0.2) is 49.2 Å². The fourth-order valence-electron chi connectivity index (χ4n) is 3.46. The molecule has 0 aromatic rings. The first-order valence-corrected chi connectivity index (χ1v) is 13.0. The number of nitrogens with zero attached hydrogens (tertiary/aromatic N) is 1. The van der Waals surface area contributed by atoms with Crippen molar-refractivity contribution in [2.75, 3.05) is 27.2 Å². The Hall–Kier alpha value is -0.170. The second kappa shape index (κ2) is 20.1. The van der Waals surface area contributed by atoms with Gasteiger partial charge in [-0.15, -0.1) is 0 Å². The van der Waals surface area contributed by atoms with Gasteiger partial charge in [-0.05, 0) is 25.7 Å². The third-order valence-electron chi connectivity index (χ3n) is 5.23. The van der Waals surface area contributed by atoms with Crippen molar-refractivity contribution in [3.8, 4) is 0 Å². The highest BCUT2D eigenvalue weighted by Gasteiger charge is 2.13. The van der Waals surface area contributed by atoms with Crippen molar-refractivity contribution in [2.24, 2.45) is 0 Å². The van der Waals surface area contributed by atoms with Crippen molar-refractivity contribution in [3.05, 3.63) is 0 Å². The van der Waals surface area contributed by atoms with E-state index in [2.05, 4.69) is 27.9 Å². The molecule has 0 spiro atoms. The van der Waals surface area contributed by atoms with Crippen LogP contribution >= 0.6 is 0 Å². The Morgan fingerprint density at radius 1 is 0.607 bits per heavy atom. The summed E-state index contributed by atoms with van der Waals surface area (Å²) < 4.78 is 34.1. The third kappa shape index (κ3) is 33.4. The highest BCUT2D eigenvalue weighted by Crippen LogP contribution is 2.13. The quantitative estimate of drug-likeness (QED) is 0.121. The first kappa shape index (κ1) is 30.0. The Morgan fingerprint density at radius 3 is 1.07 bits per heavy atom. The first-order chi connectivity index (χ1) is 13.1. The summed E-state index contributed by atoms with van der Waals surface area (Å²) in [5.41, 5.74) is 0. The van der Waals surface area contributed by atoms with Crippen molar-refractivity contribution in [2.45, 2.75) is 117 Å². The molecule has 0 unspecified atom stereocenters. The molecule has 0 saturated carbocycles. The summed E-state index contributed by atoms with van der Waals surface area (Å²) in [5.74, 6) is 0. The van der Waals surface area contributed by atoms with Gasteiger partial charge in [0.2, 0.25) is 10.4 Å². The maximum absolute atomic E-state index is 8.63. The van der Waals surface area contributed by atoms with E-state index in [0.29, 0.717) is 0 Å². The Bertz CT molecular complexity index is 381. The second-order valence-corrected chi connectivity index (χ2v) is 9.62. The maximum atomic E-state index is 8.63. The number of unbranched alkanes of at least 4 members (excludes halogenated alkanes) is 14. The standard InChI is InChI=1S/C22H48N.H2O4S/c1-5-7-9-11-13-15-17-19-21-23(3,4)22-20-18-16-14-12-10-8-6-2;1-5(2,3)4/h5-22H2,1-4H3;(H2,1,2,3,4)/q+1;/p-1. The molecule has 0 fully saturated rings. The van der Waals surface area contributed by atoms with Crippen molar-refractivity contribution in [1.82, 2.24) is 0 Å². The molecule has 0 saturated heterocycles. The van der Waals surface area contributed by atoms with Gasteiger partial charge in [0.1, 0.15) is 0 Å². The van der Waals surface area contributed by atoms with Gasteiger partial charge in [-0.2, -0.15) is 0 Å². The van der Waals surface area contributed by atoms with Crippen LogP contribution in [0.3, 0.4) is 0 Å². The number of hydrogen-bond donors (Lipinski definition) is 1. The average molecular weight is 424 g/mol. The van der Waals surface area contributed by atoms with E-state index in [1.165, 1.54) is 120 Å². The van der Waals surface area contributed by atoms with Gasteiger partial charge in [0.25, 0.3) is 0 Å². The molecule has 0 atom stereocenters. The zero-order chi connectivity index (χ0) is 21.7. The van der Waals surface area contributed by atoms with Crippen LogP contribution in [0.5, 0.6) is 0 Å². The molecule has 5 nitrogen and oxygen atoms in total. The van der Waals surface area contributed by atoms with Crippen molar-refractivity contribution in [3.63, 3.8) is 0 Å². The largest absolute Gasteiger partial charge is 0.726 e. The number of quaternary nitrogens is 1. The lowest BCUT2D eigenvalue weighted by atomic mass is 10.1. The lowest BCUT2D eigenvalue weighted by molar-refractivity contribution is -0.890. The monoisotopic (exact) mass is 423 g/mol. The molecule has 0 aliphatic rings. The highest BCUT2D eigenvalue weighted by molar-refractivity contribution is 7.79. The zero-order valence-electron chi connectivity index (χ0n) is 19.3. The molecule has 6 heteroatoms. The van der Waals surface area contributed by atoms with Crippen LogP contribution < -0.4 is 0 Å². The minimum Gasteiger partial charge on any atom is -0.726 e. The lowest BCUT2D eigenvalue weighted by Crippen LogP contribution is -2.41. The molecule has 0 amide bonds. The van der Waals surface area contributed by atoms with Crippen LogP contribution in [0.15, 0.2) is 0 Å². The molecule has 0 rings (SSSR count). The second-order valence-electron chi connectivity index (χ2n) is 8.76. The molecule has 0 radical (unpaired) electrons. The Balaban J connectivity index is 0. The minimum absolute atomic E-state index is 1.24.